The highest BCUT2D eigenvalue weighted by molar-refractivity contribution is 5.75. The Morgan fingerprint density at radius 3 is 2.52 bits per heavy atom. The molecule has 6 heteroatoms. The Morgan fingerprint density at radius 2 is 1.91 bits per heavy atom. The Labute approximate surface area is 132 Å². The zero-order valence-electron chi connectivity index (χ0n) is 12.6. The number of primary amides is 1. The van der Waals surface area contributed by atoms with Crippen LogP contribution in [-0.2, 0) is 4.79 Å². The quantitative estimate of drug-likeness (QED) is 0.673. The SMILES string of the molecule is Cc1[nH][nH]c(=O)c1[C@@H](CC(N)=O)c1ccc(-c2ccccc2)o1. The maximum absolute atomic E-state index is 12.0. The normalized spacial score (nSPS) is 12.2. The summed E-state index contributed by atoms with van der Waals surface area (Å²) >= 11 is 0. The monoisotopic (exact) mass is 311 g/mol. The average Bonchev–Trinajstić information content (AvgIpc) is 3.14. The second-order valence-electron chi connectivity index (χ2n) is 5.41. The molecule has 2 heterocycles. The van der Waals surface area contributed by atoms with Crippen LogP contribution in [0.1, 0.15) is 29.4 Å². The van der Waals surface area contributed by atoms with Gasteiger partial charge in [0, 0.05) is 17.7 Å². The lowest BCUT2D eigenvalue weighted by atomic mass is 9.93. The third-order valence-electron chi connectivity index (χ3n) is 3.79. The topological polar surface area (TPSA) is 105 Å². The van der Waals surface area contributed by atoms with Crippen molar-refractivity contribution < 1.29 is 9.21 Å². The minimum Gasteiger partial charge on any atom is -0.460 e. The van der Waals surface area contributed by atoms with Gasteiger partial charge in [-0.3, -0.25) is 14.7 Å². The highest BCUT2D eigenvalue weighted by Gasteiger charge is 2.26. The predicted octanol–water partition coefficient (Wildman–Crippen LogP) is 2.28. The van der Waals surface area contributed by atoms with Crippen molar-refractivity contribution in [3.05, 3.63) is 69.8 Å². The van der Waals surface area contributed by atoms with Gasteiger partial charge in [-0.1, -0.05) is 30.3 Å². The third kappa shape index (κ3) is 2.96. The molecule has 118 valence electrons. The maximum Gasteiger partial charge on any atom is 0.268 e. The van der Waals surface area contributed by atoms with E-state index in [1.54, 1.807) is 13.0 Å². The Morgan fingerprint density at radius 1 is 1.17 bits per heavy atom. The molecule has 0 saturated carbocycles. The lowest BCUT2D eigenvalue weighted by molar-refractivity contribution is -0.118. The van der Waals surface area contributed by atoms with Gasteiger partial charge in [0.05, 0.1) is 11.5 Å². The van der Waals surface area contributed by atoms with Crippen LogP contribution in [0.5, 0.6) is 0 Å². The van der Waals surface area contributed by atoms with E-state index in [0.29, 0.717) is 22.8 Å². The fourth-order valence-electron chi connectivity index (χ4n) is 2.72. The molecule has 23 heavy (non-hydrogen) atoms. The van der Waals surface area contributed by atoms with Crippen molar-refractivity contribution in [2.45, 2.75) is 19.3 Å². The van der Waals surface area contributed by atoms with Crippen LogP contribution in [0.15, 0.2) is 51.7 Å². The molecule has 0 fully saturated rings. The van der Waals surface area contributed by atoms with Crippen molar-refractivity contribution >= 4 is 5.91 Å². The molecule has 3 rings (SSSR count). The summed E-state index contributed by atoms with van der Waals surface area (Å²) in [7, 11) is 0. The van der Waals surface area contributed by atoms with Gasteiger partial charge in [-0.15, -0.1) is 0 Å². The number of carbonyl (C=O) groups is 1. The molecule has 0 aliphatic rings. The number of nitrogens with one attached hydrogen (secondary N) is 2. The van der Waals surface area contributed by atoms with E-state index in [9.17, 15) is 9.59 Å². The van der Waals surface area contributed by atoms with Crippen molar-refractivity contribution in [1.82, 2.24) is 10.2 Å². The molecule has 2 aromatic heterocycles. The first-order valence-corrected chi connectivity index (χ1v) is 7.27. The molecule has 1 aromatic carbocycles. The minimum atomic E-state index is -0.514. The van der Waals surface area contributed by atoms with E-state index >= 15 is 0 Å². The van der Waals surface area contributed by atoms with Crippen molar-refractivity contribution in [2.24, 2.45) is 5.73 Å². The van der Waals surface area contributed by atoms with E-state index < -0.39 is 11.8 Å². The Balaban J connectivity index is 2.03. The number of benzene rings is 1. The van der Waals surface area contributed by atoms with Crippen LogP contribution in [0.4, 0.5) is 0 Å². The molecule has 0 bridgehead atoms. The maximum atomic E-state index is 12.0. The minimum absolute atomic E-state index is 0.00349. The molecule has 1 atom stereocenters. The van der Waals surface area contributed by atoms with Crippen molar-refractivity contribution in [1.29, 1.82) is 0 Å². The number of aromatic amines is 2. The van der Waals surface area contributed by atoms with E-state index in [-0.39, 0.29) is 12.0 Å². The van der Waals surface area contributed by atoms with Crippen LogP contribution in [-0.4, -0.2) is 16.1 Å². The molecular weight excluding hydrogens is 294 g/mol. The summed E-state index contributed by atoms with van der Waals surface area (Å²) in [6, 6.07) is 13.2. The first kappa shape index (κ1) is 14.9. The second-order valence-corrected chi connectivity index (χ2v) is 5.41. The largest absolute Gasteiger partial charge is 0.460 e. The summed E-state index contributed by atoms with van der Waals surface area (Å²) in [6.45, 7) is 1.77. The van der Waals surface area contributed by atoms with E-state index in [4.69, 9.17) is 10.2 Å². The van der Waals surface area contributed by atoms with Gasteiger partial charge in [0.2, 0.25) is 5.91 Å². The zero-order valence-corrected chi connectivity index (χ0v) is 12.6. The molecule has 0 aliphatic carbocycles. The van der Waals surface area contributed by atoms with Crippen LogP contribution in [0.25, 0.3) is 11.3 Å². The van der Waals surface area contributed by atoms with Gasteiger partial charge in [0.15, 0.2) is 0 Å². The fraction of sp³-hybridized carbons (Fsp3) is 0.176. The van der Waals surface area contributed by atoms with Gasteiger partial charge in [0.25, 0.3) is 5.56 Å². The fourth-order valence-corrected chi connectivity index (χ4v) is 2.72. The summed E-state index contributed by atoms with van der Waals surface area (Å²) in [6.07, 6.45) is 0.00349. The number of rotatable bonds is 5. The van der Waals surface area contributed by atoms with Gasteiger partial charge >= 0.3 is 0 Å². The van der Waals surface area contributed by atoms with Crippen LogP contribution in [0, 0.1) is 6.92 Å². The van der Waals surface area contributed by atoms with Gasteiger partial charge in [-0.05, 0) is 19.1 Å². The third-order valence-corrected chi connectivity index (χ3v) is 3.79. The summed E-state index contributed by atoms with van der Waals surface area (Å²) < 4.78 is 5.89. The van der Waals surface area contributed by atoms with Gasteiger partial charge in [-0.2, -0.15) is 0 Å². The number of amides is 1. The van der Waals surface area contributed by atoms with Gasteiger partial charge in [0.1, 0.15) is 11.5 Å². The number of hydrogen-bond acceptors (Lipinski definition) is 3. The molecule has 0 unspecified atom stereocenters. The van der Waals surface area contributed by atoms with Crippen LogP contribution in [0.3, 0.4) is 0 Å². The molecule has 6 nitrogen and oxygen atoms in total. The average molecular weight is 311 g/mol. The number of carbonyl (C=O) groups excluding carboxylic acids is 1. The molecule has 3 aromatic rings. The molecular formula is C17H17N3O3. The first-order valence-electron chi connectivity index (χ1n) is 7.27. The number of aromatic nitrogens is 2. The van der Waals surface area contributed by atoms with E-state index in [2.05, 4.69) is 10.2 Å². The number of furan rings is 1. The van der Waals surface area contributed by atoms with Crippen molar-refractivity contribution in [3.8, 4) is 11.3 Å². The highest BCUT2D eigenvalue weighted by atomic mass is 16.3. The second kappa shape index (κ2) is 6.00. The Kier molecular flexibility index (Phi) is 3.89. The van der Waals surface area contributed by atoms with E-state index in [1.165, 1.54) is 0 Å². The summed E-state index contributed by atoms with van der Waals surface area (Å²) in [5, 5.41) is 5.29. The zero-order chi connectivity index (χ0) is 16.4. The molecule has 0 saturated heterocycles. The molecule has 0 aliphatic heterocycles. The highest BCUT2D eigenvalue weighted by Crippen LogP contribution is 2.32. The van der Waals surface area contributed by atoms with Crippen molar-refractivity contribution in [2.75, 3.05) is 0 Å². The van der Waals surface area contributed by atoms with Crippen LogP contribution < -0.4 is 11.3 Å². The lowest BCUT2D eigenvalue weighted by Gasteiger charge is -2.11. The number of hydrogen-bond donors (Lipinski definition) is 3. The first-order chi connectivity index (χ1) is 11.1. The summed E-state index contributed by atoms with van der Waals surface area (Å²) in [5.41, 5.74) is 7.14. The Hall–Kier alpha value is -3.02. The van der Waals surface area contributed by atoms with Crippen LogP contribution >= 0.6 is 0 Å². The summed E-state index contributed by atoms with van der Waals surface area (Å²) in [5.74, 6) is 0.211. The smallest absolute Gasteiger partial charge is 0.268 e. The summed E-state index contributed by atoms with van der Waals surface area (Å²) in [4.78, 5) is 23.5. The molecule has 0 spiro atoms. The van der Waals surface area contributed by atoms with E-state index in [0.717, 1.165) is 5.56 Å². The van der Waals surface area contributed by atoms with Crippen molar-refractivity contribution in [3.63, 3.8) is 0 Å². The van der Waals surface area contributed by atoms with Gasteiger partial charge in [-0.25, -0.2) is 0 Å². The van der Waals surface area contributed by atoms with Crippen LogP contribution in [0.2, 0.25) is 0 Å². The lowest BCUT2D eigenvalue weighted by Crippen LogP contribution is -2.20. The van der Waals surface area contributed by atoms with E-state index in [1.807, 2.05) is 36.4 Å². The number of nitrogens with two attached hydrogens (primary N) is 1. The standard InChI is InChI=1S/C17H17N3O3/c1-10-16(17(22)20-19-10)12(9-15(18)21)14-8-7-13(23-14)11-5-3-2-4-6-11/h2-8,12H,9H2,1H3,(H2,18,21)(H2,19,20,22)/t12-/m0/s1. The molecule has 1 amide bonds. The number of H-pyrrole nitrogens is 2. The molecule has 0 radical (unpaired) electrons. The van der Waals surface area contributed by atoms with Gasteiger partial charge < -0.3 is 15.2 Å². The molecule has 4 N–H and O–H groups in total. The predicted molar refractivity (Wildman–Crippen MR) is 85.9 cm³/mol. The number of aryl methyl sites for hydroxylation is 1. The Bertz CT molecular complexity index is 874.